The van der Waals surface area contributed by atoms with Crippen LogP contribution in [0.1, 0.15) is 17.5 Å². The molecule has 0 spiro atoms. The van der Waals surface area contributed by atoms with Crippen molar-refractivity contribution in [1.29, 1.82) is 5.26 Å². The second-order valence-corrected chi connectivity index (χ2v) is 3.30. The molecule has 18 heavy (non-hydrogen) atoms. The number of amides is 1. The van der Waals surface area contributed by atoms with E-state index in [-0.39, 0.29) is 29.7 Å². The first kappa shape index (κ1) is 13.5. The minimum Gasteiger partial charge on any atom is -0.495 e. The molecule has 0 fully saturated rings. The zero-order chi connectivity index (χ0) is 13.5. The Balaban J connectivity index is 3.04. The number of hydrogen-bond donors (Lipinski definition) is 0. The van der Waals surface area contributed by atoms with Crippen molar-refractivity contribution in [2.45, 2.75) is 12.8 Å². The third kappa shape index (κ3) is 2.97. The molecule has 0 saturated heterocycles. The molecule has 6 nitrogen and oxygen atoms in total. The lowest BCUT2D eigenvalue weighted by Crippen LogP contribution is -2.02. The van der Waals surface area contributed by atoms with E-state index < -0.39 is 11.7 Å². The van der Waals surface area contributed by atoms with Gasteiger partial charge in [-0.15, -0.1) is 0 Å². The fourth-order valence-electron chi connectivity index (χ4n) is 1.47. The van der Waals surface area contributed by atoms with E-state index in [0.29, 0.717) is 0 Å². The Hall–Kier alpha value is -2.58. The number of methoxy groups -OCH3 is 1. The van der Waals surface area contributed by atoms with Crippen LogP contribution < -0.4 is 4.74 Å². The van der Waals surface area contributed by atoms with E-state index >= 15 is 0 Å². The number of benzene rings is 1. The lowest BCUT2D eigenvalue weighted by molar-refractivity contribution is -0.117. The molecule has 0 atom stereocenters. The highest BCUT2D eigenvalue weighted by atomic mass is 19.1. The van der Waals surface area contributed by atoms with Crippen LogP contribution in [0.2, 0.25) is 0 Å². The van der Waals surface area contributed by atoms with Crippen LogP contribution in [0.25, 0.3) is 10.4 Å². The average Bonchev–Trinajstić information content (AvgIpc) is 2.37. The van der Waals surface area contributed by atoms with Crippen molar-refractivity contribution >= 4 is 5.91 Å². The van der Waals surface area contributed by atoms with Crippen LogP contribution in [0.4, 0.5) is 4.39 Å². The van der Waals surface area contributed by atoms with Crippen molar-refractivity contribution in [2.75, 3.05) is 7.11 Å². The molecule has 92 valence electrons. The Morgan fingerprint density at radius 2 is 2.39 bits per heavy atom. The molecule has 0 bridgehead atoms. The fourth-order valence-corrected chi connectivity index (χ4v) is 1.47. The van der Waals surface area contributed by atoms with Crippen LogP contribution in [-0.4, -0.2) is 13.0 Å². The Kier molecular flexibility index (Phi) is 4.67. The largest absolute Gasteiger partial charge is 0.495 e. The maximum atomic E-state index is 13.6. The second kappa shape index (κ2) is 6.23. The molecular formula is C11H9FN4O2. The van der Waals surface area contributed by atoms with Crippen molar-refractivity contribution in [3.63, 3.8) is 0 Å². The molecule has 1 amide bonds. The first-order chi connectivity index (χ1) is 8.63. The van der Waals surface area contributed by atoms with Gasteiger partial charge in [0, 0.05) is 16.9 Å². The van der Waals surface area contributed by atoms with E-state index in [1.807, 2.05) is 6.07 Å². The summed E-state index contributed by atoms with van der Waals surface area (Å²) in [4.78, 5) is 13.4. The van der Waals surface area contributed by atoms with Gasteiger partial charge in [0.15, 0.2) is 0 Å². The van der Waals surface area contributed by atoms with E-state index in [9.17, 15) is 9.18 Å². The summed E-state index contributed by atoms with van der Waals surface area (Å²) < 4.78 is 18.5. The molecule has 1 aromatic rings. The summed E-state index contributed by atoms with van der Waals surface area (Å²) in [5.41, 5.74) is 8.19. The zero-order valence-corrected chi connectivity index (χ0v) is 9.55. The summed E-state index contributed by atoms with van der Waals surface area (Å²) in [6, 6.07) is 4.33. The zero-order valence-electron chi connectivity index (χ0n) is 9.55. The maximum absolute atomic E-state index is 13.6. The van der Waals surface area contributed by atoms with Gasteiger partial charge in [-0.1, -0.05) is 0 Å². The normalized spacial score (nSPS) is 9.17. The van der Waals surface area contributed by atoms with E-state index in [4.69, 9.17) is 15.5 Å². The van der Waals surface area contributed by atoms with Gasteiger partial charge >= 0.3 is 0 Å². The highest BCUT2D eigenvalue weighted by Crippen LogP contribution is 2.25. The van der Waals surface area contributed by atoms with Gasteiger partial charge in [0.25, 0.3) is 0 Å². The van der Waals surface area contributed by atoms with Crippen LogP contribution in [0, 0.1) is 17.1 Å². The molecule has 0 saturated carbocycles. The molecule has 0 unspecified atom stereocenters. The van der Waals surface area contributed by atoms with Gasteiger partial charge in [-0.05, 0) is 29.2 Å². The van der Waals surface area contributed by atoms with E-state index in [1.54, 1.807) is 0 Å². The van der Waals surface area contributed by atoms with Gasteiger partial charge in [0.1, 0.15) is 23.2 Å². The summed E-state index contributed by atoms with van der Waals surface area (Å²) in [6.45, 7) is 0. The molecule has 0 aromatic heterocycles. The van der Waals surface area contributed by atoms with Crippen LogP contribution in [-0.2, 0) is 11.2 Å². The summed E-state index contributed by atoms with van der Waals surface area (Å²) in [6.07, 6.45) is -0.188. The van der Waals surface area contributed by atoms with Gasteiger partial charge in [-0.3, -0.25) is 4.79 Å². The number of rotatable bonds is 4. The number of carbonyl (C=O) groups is 1. The molecule has 0 heterocycles. The molecule has 1 rings (SSSR count). The standard InChI is InChI=1S/C11H9FN4O2/c1-18-10-4-3-9(12)7(8(10)6-13)2-5-11(17)15-16-14/h3-4H,2,5H2,1H3. The first-order valence-electron chi connectivity index (χ1n) is 4.97. The van der Waals surface area contributed by atoms with Crippen LogP contribution in [0.3, 0.4) is 0 Å². The molecule has 0 aliphatic rings. The van der Waals surface area contributed by atoms with Gasteiger partial charge in [0.2, 0.25) is 5.91 Å². The predicted octanol–water partition coefficient (Wildman–Crippen LogP) is 2.48. The second-order valence-electron chi connectivity index (χ2n) is 3.30. The lowest BCUT2D eigenvalue weighted by atomic mass is 10.0. The van der Waals surface area contributed by atoms with Crippen molar-refractivity contribution in [3.05, 3.63) is 39.5 Å². The molecule has 7 heteroatoms. The monoisotopic (exact) mass is 248 g/mol. The van der Waals surface area contributed by atoms with E-state index in [0.717, 1.165) is 6.07 Å². The number of ether oxygens (including phenoxy) is 1. The van der Waals surface area contributed by atoms with Gasteiger partial charge < -0.3 is 4.74 Å². The Morgan fingerprint density at radius 3 is 2.94 bits per heavy atom. The van der Waals surface area contributed by atoms with E-state index in [1.165, 1.54) is 13.2 Å². The minimum absolute atomic E-state index is 0.0240. The Morgan fingerprint density at radius 1 is 1.67 bits per heavy atom. The molecule has 0 aliphatic heterocycles. The van der Waals surface area contributed by atoms with Gasteiger partial charge in [-0.25, -0.2) is 4.39 Å². The smallest absolute Gasteiger partial charge is 0.219 e. The van der Waals surface area contributed by atoms with Crippen molar-refractivity contribution in [1.82, 2.24) is 0 Å². The van der Waals surface area contributed by atoms with E-state index in [2.05, 4.69) is 10.0 Å². The van der Waals surface area contributed by atoms with Crippen molar-refractivity contribution in [2.24, 2.45) is 5.11 Å². The first-order valence-corrected chi connectivity index (χ1v) is 4.97. The molecule has 0 N–H and O–H groups in total. The van der Waals surface area contributed by atoms with Crippen molar-refractivity contribution < 1.29 is 13.9 Å². The maximum Gasteiger partial charge on any atom is 0.219 e. The third-order valence-electron chi connectivity index (χ3n) is 2.29. The molecule has 0 aliphatic carbocycles. The molecule has 0 radical (unpaired) electrons. The SMILES string of the molecule is COc1ccc(F)c(CCC(=O)N=[N+]=[N-])c1C#N. The highest BCUT2D eigenvalue weighted by molar-refractivity contribution is 5.77. The number of carbonyl (C=O) groups excluding carboxylic acids is 1. The van der Waals surface area contributed by atoms with Crippen LogP contribution in [0.5, 0.6) is 5.75 Å². The lowest BCUT2D eigenvalue weighted by Gasteiger charge is -2.08. The van der Waals surface area contributed by atoms with Crippen LogP contribution >= 0.6 is 0 Å². The average molecular weight is 248 g/mol. The topological polar surface area (TPSA) is 98.8 Å². The summed E-state index contributed by atoms with van der Waals surface area (Å²) in [5.74, 6) is -1.06. The van der Waals surface area contributed by atoms with Crippen molar-refractivity contribution in [3.8, 4) is 11.8 Å². The third-order valence-corrected chi connectivity index (χ3v) is 2.29. The predicted molar refractivity (Wildman–Crippen MR) is 60.1 cm³/mol. The van der Waals surface area contributed by atoms with Gasteiger partial charge in [-0.2, -0.15) is 5.26 Å². The fraction of sp³-hybridized carbons (Fsp3) is 0.273. The number of halogens is 1. The number of hydrogen-bond acceptors (Lipinski definition) is 3. The Labute approximate surface area is 102 Å². The Bertz CT molecular complexity index is 559. The summed E-state index contributed by atoms with van der Waals surface area (Å²) in [5, 5.41) is 11.8. The van der Waals surface area contributed by atoms with Crippen LogP contribution in [0.15, 0.2) is 17.2 Å². The summed E-state index contributed by atoms with van der Waals surface area (Å²) >= 11 is 0. The molecule has 1 aromatic carbocycles. The number of nitrogens with zero attached hydrogens (tertiary/aromatic N) is 4. The molecular weight excluding hydrogens is 239 g/mol. The summed E-state index contributed by atoms with van der Waals surface area (Å²) in [7, 11) is 1.36. The minimum atomic E-state index is -0.705. The van der Waals surface area contributed by atoms with Gasteiger partial charge in [0.05, 0.1) is 7.11 Å². The quantitative estimate of drug-likeness (QED) is 0.464. The number of nitriles is 1. The highest BCUT2D eigenvalue weighted by Gasteiger charge is 2.14. The number of azide groups is 1.